The molecule has 0 aromatic heterocycles. The van der Waals surface area contributed by atoms with Crippen molar-refractivity contribution in [2.75, 3.05) is 0 Å². The lowest BCUT2D eigenvalue weighted by Crippen LogP contribution is -2.43. The molecule has 0 radical (unpaired) electrons. The number of carbonyl (C=O) groups excluding carboxylic acids is 3. The lowest BCUT2D eigenvalue weighted by atomic mass is 9.62. The Morgan fingerprint density at radius 3 is 2.31 bits per heavy atom. The maximum absolute atomic E-state index is 13.8. The van der Waals surface area contributed by atoms with Gasteiger partial charge in [-0.15, -0.1) is 0 Å². The van der Waals surface area contributed by atoms with E-state index in [4.69, 9.17) is 0 Å². The molecular weight excluding hydrogens is 414 g/mol. The summed E-state index contributed by atoms with van der Waals surface area (Å²) in [6.45, 7) is 8.80. The average molecular weight is 443 g/mol. The van der Waals surface area contributed by atoms with Crippen molar-refractivity contribution >= 4 is 17.7 Å². The second kappa shape index (κ2) is 7.64. The summed E-state index contributed by atoms with van der Waals surface area (Å²) in [6, 6.07) is 1.95. The fourth-order valence-electron chi connectivity index (χ4n) is 6.05. The van der Waals surface area contributed by atoms with Crippen molar-refractivity contribution in [3.63, 3.8) is 0 Å². The maximum atomic E-state index is 13.8. The normalized spacial score (nSPS) is 30.6. The molecular formula is C25H28F2N2O3. The van der Waals surface area contributed by atoms with Gasteiger partial charge in [-0.2, -0.15) is 0 Å². The molecule has 3 aliphatic carbocycles. The number of imide groups is 1. The van der Waals surface area contributed by atoms with E-state index in [9.17, 15) is 23.2 Å². The Balaban J connectivity index is 1.49. The second-order valence-electron chi connectivity index (χ2n) is 10.0. The van der Waals surface area contributed by atoms with Crippen molar-refractivity contribution in [2.45, 2.75) is 47.0 Å². The molecule has 32 heavy (non-hydrogen) atoms. The molecule has 1 aromatic carbocycles. The van der Waals surface area contributed by atoms with Crippen LogP contribution >= 0.6 is 0 Å². The number of ketones is 1. The van der Waals surface area contributed by atoms with Crippen molar-refractivity contribution in [3.8, 4) is 0 Å². The summed E-state index contributed by atoms with van der Waals surface area (Å²) in [7, 11) is 0. The minimum Gasteiger partial charge on any atom is -0.304 e. The van der Waals surface area contributed by atoms with E-state index >= 15 is 0 Å². The zero-order valence-corrected chi connectivity index (χ0v) is 18.7. The summed E-state index contributed by atoms with van der Waals surface area (Å²) >= 11 is 0. The Morgan fingerprint density at radius 1 is 1.09 bits per heavy atom. The van der Waals surface area contributed by atoms with Gasteiger partial charge in [0.25, 0.3) is 5.91 Å². The van der Waals surface area contributed by atoms with Gasteiger partial charge in [0.05, 0.1) is 5.70 Å². The highest BCUT2D eigenvalue weighted by Crippen LogP contribution is 2.70. The summed E-state index contributed by atoms with van der Waals surface area (Å²) in [5.74, 6) is -3.06. The number of carbonyl (C=O) groups is 3. The minimum absolute atomic E-state index is 0.0492. The molecule has 3 aliphatic rings. The van der Waals surface area contributed by atoms with E-state index in [2.05, 4.69) is 26.1 Å². The standard InChI is InChI=1S/C25H28F2N2O3/c1-13-15(16-12-14-10-11-25(16,4)24(14,2)3)8-9-19(21(13)30)28-23(32)29-22(31)20-17(26)6-5-7-18(20)27/h5-9,13-14,16H,10-12H2,1-4H3,(H2,28,29,31,32). The predicted molar refractivity (Wildman–Crippen MR) is 115 cm³/mol. The number of rotatable bonds is 3. The van der Waals surface area contributed by atoms with Crippen LogP contribution < -0.4 is 10.6 Å². The molecule has 170 valence electrons. The van der Waals surface area contributed by atoms with Gasteiger partial charge >= 0.3 is 6.03 Å². The zero-order chi connectivity index (χ0) is 23.4. The second-order valence-corrected chi connectivity index (χ2v) is 10.0. The van der Waals surface area contributed by atoms with Crippen LogP contribution in [0.5, 0.6) is 0 Å². The first-order valence-corrected chi connectivity index (χ1v) is 11.0. The van der Waals surface area contributed by atoms with Gasteiger partial charge in [0.2, 0.25) is 0 Å². The van der Waals surface area contributed by atoms with E-state index in [-0.39, 0.29) is 22.3 Å². The van der Waals surface area contributed by atoms with Gasteiger partial charge in [-0.1, -0.05) is 45.4 Å². The van der Waals surface area contributed by atoms with Crippen molar-refractivity contribution in [2.24, 2.45) is 28.6 Å². The molecule has 4 rings (SSSR count). The number of halogens is 2. The highest BCUT2D eigenvalue weighted by molar-refractivity contribution is 6.08. The van der Waals surface area contributed by atoms with Crippen molar-refractivity contribution in [1.29, 1.82) is 0 Å². The fourth-order valence-corrected chi connectivity index (χ4v) is 6.05. The van der Waals surface area contributed by atoms with Crippen LogP contribution in [0.3, 0.4) is 0 Å². The number of amides is 3. The zero-order valence-electron chi connectivity index (χ0n) is 18.7. The largest absolute Gasteiger partial charge is 0.326 e. The highest BCUT2D eigenvalue weighted by Gasteiger charge is 2.62. The van der Waals surface area contributed by atoms with Gasteiger partial charge < -0.3 is 5.32 Å². The third-order valence-electron chi connectivity index (χ3n) is 8.46. The summed E-state index contributed by atoms with van der Waals surface area (Å²) in [5.41, 5.74) is 0.626. The average Bonchev–Trinajstić information content (AvgIpc) is 3.05. The third kappa shape index (κ3) is 3.29. The van der Waals surface area contributed by atoms with Crippen molar-refractivity contribution in [1.82, 2.24) is 10.6 Å². The van der Waals surface area contributed by atoms with E-state index in [0.29, 0.717) is 11.8 Å². The molecule has 2 fully saturated rings. The maximum Gasteiger partial charge on any atom is 0.326 e. The SMILES string of the molecule is CC1C(=O)C(NC(=O)NC(=O)c2c(F)cccc2F)=CC=C1C1CC2CCC1(C)C2(C)C. The Labute approximate surface area is 186 Å². The van der Waals surface area contributed by atoms with Crippen LogP contribution in [0.2, 0.25) is 0 Å². The van der Waals surface area contributed by atoms with E-state index in [1.807, 2.05) is 18.3 Å². The van der Waals surface area contributed by atoms with Crippen LogP contribution in [0.15, 0.2) is 41.6 Å². The highest BCUT2D eigenvalue weighted by atomic mass is 19.1. The molecule has 0 heterocycles. The Kier molecular flexibility index (Phi) is 5.34. The van der Waals surface area contributed by atoms with Crippen LogP contribution in [0.4, 0.5) is 13.6 Å². The van der Waals surface area contributed by atoms with Crippen molar-refractivity contribution in [3.05, 3.63) is 58.8 Å². The summed E-state index contributed by atoms with van der Waals surface area (Å²) in [6.07, 6.45) is 6.89. The number of Topliss-reactive ketones (excluding diaryl/α,β-unsaturated/α-hetero) is 1. The van der Waals surface area contributed by atoms with Gasteiger partial charge in [0.15, 0.2) is 5.78 Å². The van der Waals surface area contributed by atoms with Crippen LogP contribution in [0.25, 0.3) is 0 Å². The number of nitrogens with one attached hydrogen (secondary N) is 2. The summed E-state index contributed by atoms with van der Waals surface area (Å²) in [5, 5.41) is 4.24. The quantitative estimate of drug-likeness (QED) is 0.700. The molecule has 2 bridgehead atoms. The molecule has 0 saturated heterocycles. The lowest BCUT2D eigenvalue weighted by molar-refractivity contribution is -0.118. The van der Waals surface area contributed by atoms with Crippen molar-refractivity contribution < 1.29 is 23.2 Å². The van der Waals surface area contributed by atoms with Crippen LogP contribution in [-0.4, -0.2) is 17.7 Å². The van der Waals surface area contributed by atoms with E-state index in [1.165, 1.54) is 6.42 Å². The Morgan fingerprint density at radius 2 is 1.75 bits per heavy atom. The minimum atomic E-state index is -1.22. The lowest BCUT2D eigenvalue weighted by Gasteiger charge is -2.42. The number of urea groups is 1. The smallest absolute Gasteiger partial charge is 0.304 e. The fraction of sp³-hybridized carbons (Fsp3) is 0.480. The number of hydrogen-bond acceptors (Lipinski definition) is 3. The number of fused-ring (bicyclic) bond motifs is 2. The third-order valence-corrected chi connectivity index (χ3v) is 8.46. The molecule has 2 saturated carbocycles. The van der Waals surface area contributed by atoms with E-state index < -0.39 is 35.1 Å². The van der Waals surface area contributed by atoms with Gasteiger partial charge in [0.1, 0.15) is 17.2 Å². The van der Waals surface area contributed by atoms with E-state index in [0.717, 1.165) is 36.6 Å². The molecule has 4 unspecified atom stereocenters. The predicted octanol–water partition coefficient (Wildman–Crippen LogP) is 4.90. The molecule has 0 aliphatic heterocycles. The molecule has 7 heteroatoms. The van der Waals surface area contributed by atoms with Gasteiger partial charge in [0, 0.05) is 5.92 Å². The number of benzene rings is 1. The molecule has 4 atom stereocenters. The molecule has 5 nitrogen and oxygen atoms in total. The Bertz CT molecular complexity index is 1050. The number of hydrogen-bond donors (Lipinski definition) is 2. The van der Waals surface area contributed by atoms with Gasteiger partial charge in [-0.25, -0.2) is 13.6 Å². The summed E-state index contributed by atoms with van der Waals surface area (Å²) < 4.78 is 27.5. The molecule has 3 amide bonds. The van der Waals surface area contributed by atoms with Gasteiger partial charge in [-0.3, -0.25) is 14.9 Å². The monoisotopic (exact) mass is 442 g/mol. The van der Waals surface area contributed by atoms with Crippen LogP contribution in [-0.2, 0) is 4.79 Å². The molecule has 0 spiro atoms. The van der Waals surface area contributed by atoms with Gasteiger partial charge in [-0.05, 0) is 60.1 Å². The Hall–Kier alpha value is -2.83. The van der Waals surface area contributed by atoms with E-state index in [1.54, 1.807) is 6.08 Å². The molecule has 1 aromatic rings. The van der Waals surface area contributed by atoms with Crippen LogP contribution in [0.1, 0.15) is 57.3 Å². The van der Waals surface area contributed by atoms with Crippen LogP contribution in [0, 0.1) is 40.2 Å². The molecule has 2 N–H and O–H groups in total. The topological polar surface area (TPSA) is 75.3 Å². The first-order chi connectivity index (χ1) is 15.0. The summed E-state index contributed by atoms with van der Waals surface area (Å²) in [4.78, 5) is 37.4. The number of allylic oxidation sites excluding steroid dienone is 4. The first-order valence-electron chi connectivity index (χ1n) is 11.0. The first kappa shape index (κ1) is 22.4.